The van der Waals surface area contributed by atoms with Crippen LogP contribution < -0.4 is 4.74 Å². The number of carboxylic acids is 1. The number of hydrogen-bond acceptors (Lipinski definition) is 4. The number of rotatable bonds is 11. The van der Waals surface area contributed by atoms with Crippen molar-refractivity contribution in [3.63, 3.8) is 0 Å². The Morgan fingerprint density at radius 3 is 2.36 bits per heavy atom. The number of aliphatic carboxylic acids is 1. The largest absolute Gasteiger partial charge is 0.494 e. The molecule has 1 N–H and O–H groups in total. The van der Waals surface area contributed by atoms with Gasteiger partial charge in [-0.05, 0) is 130 Å². The molecule has 2 heterocycles. The zero-order valence-electron chi connectivity index (χ0n) is 26.0. The fraction of sp³-hybridized carbons (Fsp3) is 0.472. The van der Waals surface area contributed by atoms with Gasteiger partial charge < -0.3 is 9.84 Å². The van der Waals surface area contributed by atoms with Crippen molar-refractivity contribution in [1.29, 1.82) is 0 Å². The first-order chi connectivity index (χ1) is 20.3. The van der Waals surface area contributed by atoms with Gasteiger partial charge in [-0.25, -0.2) is 4.39 Å². The Morgan fingerprint density at radius 2 is 1.64 bits per heavy atom. The van der Waals surface area contributed by atoms with Crippen molar-refractivity contribution in [2.24, 2.45) is 5.92 Å². The van der Waals surface area contributed by atoms with Gasteiger partial charge in [-0.1, -0.05) is 42.5 Å². The molecular weight excluding hydrogens is 598 g/mol. The molecule has 0 bridgehead atoms. The van der Waals surface area contributed by atoms with Gasteiger partial charge in [0.15, 0.2) is 0 Å². The molecule has 1 fully saturated rings. The van der Waals surface area contributed by atoms with E-state index in [1.165, 1.54) is 36.0 Å². The van der Waals surface area contributed by atoms with Crippen LogP contribution in [0.5, 0.6) is 5.75 Å². The van der Waals surface area contributed by atoms with Crippen molar-refractivity contribution < 1.29 is 19.0 Å². The minimum atomic E-state index is -0.880. The summed E-state index contributed by atoms with van der Waals surface area (Å²) in [5.41, 5.74) is 5.07. The van der Waals surface area contributed by atoms with Gasteiger partial charge in [-0.3, -0.25) is 14.6 Å². The number of aryl methyl sites for hydroxylation is 1. The Balaban J connectivity index is 0.00000264. The second-order valence-electron chi connectivity index (χ2n) is 12.7. The molecule has 0 spiro atoms. The molecular formula is C36H47Cl2FN2O3. The normalized spacial score (nSPS) is 16.2. The lowest BCUT2D eigenvalue weighted by Crippen LogP contribution is -2.33. The highest BCUT2D eigenvalue weighted by atomic mass is 35.5. The third-order valence-corrected chi connectivity index (χ3v) is 9.13. The lowest BCUT2D eigenvalue weighted by molar-refractivity contribution is -0.142. The number of benzene rings is 3. The fourth-order valence-corrected chi connectivity index (χ4v) is 6.31. The minimum Gasteiger partial charge on any atom is -0.494 e. The molecule has 240 valence electrons. The highest BCUT2D eigenvalue weighted by Gasteiger charge is 2.29. The van der Waals surface area contributed by atoms with E-state index in [2.05, 4.69) is 40.1 Å². The first-order valence-electron chi connectivity index (χ1n) is 15.5. The standard InChI is InChI=1S/C36H45FN2O3.2ClH/c1-36(2,35(40)41)32-9-3-6-29(22-32)25-38-19-16-27(17-20-38)7-5-21-42-34-15-12-30-8-4-18-39(26-31(30)23-34)24-28-10-13-33(37)14-11-28;;/h3,6,9-15,22-23,27H,4-5,7-8,16-21,24-26H2,1-2H3,(H,40,41);2*1H. The zero-order valence-corrected chi connectivity index (χ0v) is 27.6. The van der Waals surface area contributed by atoms with Gasteiger partial charge in [0.1, 0.15) is 11.6 Å². The number of carboxylic acid groups (broad SMARTS) is 1. The molecule has 2 aliphatic heterocycles. The van der Waals surface area contributed by atoms with Crippen LogP contribution >= 0.6 is 24.8 Å². The summed E-state index contributed by atoms with van der Waals surface area (Å²) in [4.78, 5) is 16.6. The summed E-state index contributed by atoms with van der Waals surface area (Å²) in [5, 5.41) is 9.58. The molecule has 44 heavy (non-hydrogen) atoms. The van der Waals surface area contributed by atoms with E-state index >= 15 is 0 Å². The van der Waals surface area contributed by atoms with E-state index in [1.54, 1.807) is 26.0 Å². The van der Waals surface area contributed by atoms with Gasteiger partial charge in [0.2, 0.25) is 0 Å². The minimum absolute atomic E-state index is 0. The Kier molecular flexibility index (Phi) is 13.5. The smallest absolute Gasteiger partial charge is 0.313 e. The van der Waals surface area contributed by atoms with Crippen LogP contribution in [0.3, 0.4) is 0 Å². The Morgan fingerprint density at radius 1 is 0.909 bits per heavy atom. The SMILES string of the molecule is CC(C)(C(=O)O)c1cccc(CN2CCC(CCCOc3ccc4c(c3)CN(Cc3ccc(F)cc3)CCC4)CC2)c1.Cl.Cl. The van der Waals surface area contributed by atoms with Crippen LogP contribution in [0.25, 0.3) is 0 Å². The number of fused-ring (bicyclic) bond motifs is 1. The molecule has 5 rings (SSSR count). The van der Waals surface area contributed by atoms with Crippen LogP contribution in [0.1, 0.15) is 73.8 Å². The molecule has 0 unspecified atom stereocenters. The molecule has 0 aromatic heterocycles. The summed E-state index contributed by atoms with van der Waals surface area (Å²) in [7, 11) is 0. The molecule has 2 aliphatic rings. The lowest BCUT2D eigenvalue weighted by atomic mass is 9.84. The van der Waals surface area contributed by atoms with Crippen LogP contribution in [0.4, 0.5) is 4.39 Å². The molecule has 0 atom stereocenters. The molecule has 0 radical (unpaired) electrons. The van der Waals surface area contributed by atoms with Crippen LogP contribution in [-0.2, 0) is 36.3 Å². The summed E-state index contributed by atoms with van der Waals surface area (Å²) >= 11 is 0. The maximum absolute atomic E-state index is 13.3. The molecule has 3 aromatic rings. The number of ether oxygens (including phenoxy) is 1. The summed E-state index contributed by atoms with van der Waals surface area (Å²) < 4.78 is 19.5. The third-order valence-electron chi connectivity index (χ3n) is 9.13. The average Bonchev–Trinajstić information content (AvgIpc) is 3.18. The number of likely N-dealkylation sites (tertiary alicyclic amines) is 1. The monoisotopic (exact) mass is 644 g/mol. The molecule has 5 nitrogen and oxygen atoms in total. The second-order valence-corrected chi connectivity index (χ2v) is 12.7. The van der Waals surface area contributed by atoms with Crippen molar-refractivity contribution in [3.8, 4) is 5.75 Å². The molecule has 0 amide bonds. The zero-order chi connectivity index (χ0) is 29.5. The highest BCUT2D eigenvalue weighted by molar-refractivity contribution is 5.85. The van der Waals surface area contributed by atoms with E-state index in [0.717, 1.165) is 87.9 Å². The van der Waals surface area contributed by atoms with Gasteiger partial charge in [-0.15, -0.1) is 24.8 Å². The summed E-state index contributed by atoms with van der Waals surface area (Å²) in [6.07, 6.45) is 6.85. The van der Waals surface area contributed by atoms with Crippen molar-refractivity contribution >= 4 is 30.8 Å². The number of halogens is 3. The maximum Gasteiger partial charge on any atom is 0.313 e. The number of hydrogen-bond donors (Lipinski definition) is 1. The topological polar surface area (TPSA) is 53.0 Å². The molecule has 0 saturated carbocycles. The Labute approximate surface area is 274 Å². The van der Waals surface area contributed by atoms with Crippen LogP contribution in [0.15, 0.2) is 66.7 Å². The van der Waals surface area contributed by atoms with E-state index in [4.69, 9.17) is 4.74 Å². The fourth-order valence-electron chi connectivity index (χ4n) is 6.31. The van der Waals surface area contributed by atoms with Gasteiger partial charge in [0, 0.05) is 19.6 Å². The Bertz CT molecular complexity index is 1340. The molecule has 1 saturated heterocycles. The third kappa shape index (κ3) is 9.68. The van der Waals surface area contributed by atoms with Crippen molar-refractivity contribution in [2.75, 3.05) is 26.2 Å². The quantitative estimate of drug-likeness (QED) is 0.214. The van der Waals surface area contributed by atoms with E-state index in [-0.39, 0.29) is 30.6 Å². The lowest BCUT2D eigenvalue weighted by Gasteiger charge is -2.32. The second kappa shape index (κ2) is 16.6. The maximum atomic E-state index is 13.3. The predicted octanol–water partition coefficient (Wildman–Crippen LogP) is 8.05. The highest BCUT2D eigenvalue weighted by Crippen LogP contribution is 2.28. The molecule has 3 aromatic carbocycles. The van der Waals surface area contributed by atoms with Crippen LogP contribution in [-0.4, -0.2) is 47.1 Å². The van der Waals surface area contributed by atoms with Crippen molar-refractivity contribution in [2.45, 2.75) is 77.4 Å². The predicted molar refractivity (Wildman–Crippen MR) is 180 cm³/mol. The van der Waals surface area contributed by atoms with Gasteiger partial charge in [0.25, 0.3) is 0 Å². The van der Waals surface area contributed by atoms with Gasteiger partial charge in [0.05, 0.1) is 12.0 Å². The van der Waals surface area contributed by atoms with Crippen LogP contribution in [0, 0.1) is 11.7 Å². The summed E-state index contributed by atoms with van der Waals surface area (Å²) in [6.45, 7) is 10.1. The number of carbonyl (C=O) groups is 1. The molecule has 8 heteroatoms. The Hall–Kier alpha value is -2.64. The first-order valence-corrected chi connectivity index (χ1v) is 15.5. The first kappa shape index (κ1) is 35.8. The van der Waals surface area contributed by atoms with Crippen molar-refractivity contribution in [3.05, 3.63) is 100 Å². The number of nitrogens with zero attached hydrogens (tertiary/aromatic N) is 2. The summed E-state index contributed by atoms with van der Waals surface area (Å²) in [5.74, 6) is 0.709. The van der Waals surface area contributed by atoms with E-state index in [0.29, 0.717) is 0 Å². The van der Waals surface area contributed by atoms with Gasteiger partial charge in [-0.2, -0.15) is 0 Å². The van der Waals surface area contributed by atoms with E-state index in [9.17, 15) is 14.3 Å². The van der Waals surface area contributed by atoms with E-state index < -0.39 is 11.4 Å². The van der Waals surface area contributed by atoms with Crippen molar-refractivity contribution in [1.82, 2.24) is 9.80 Å². The molecule has 0 aliphatic carbocycles. The van der Waals surface area contributed by atoms with Crippen LogP contribution in [0.2, 0.25) is 0 Å². The average molecular weight is 646 g/mol. The summed E-state index contributed by atoms with van der Waals surface area (Å²) in [6, 6.07) is 21.5. The van der Waals surface area contributed by atoms with Gasteiger partial charge >= 0.3 is 5.97 Å². The number of piperidine rings is 1. The van der Waals surface area contributed by atoms with E-state index in [1.807, 2.05) is 24.3 Å².